The Morgan fingerprint density at radius 3 is 2.50 bits per heavy atom. The molecule has 0 unspecified atom stereocenters. The molecular weight excluding hydrogens is 556 g/mol. The number of aliphatic hydroxyl groups excluding tert-OH is 1. The quantitative estimate of drug-likeness (QED) is 0.422. The number of carbonyl (C=O) groups is 2. The van der Waals surface area contributed by atoms with E-state index >= 15 is 0 Å². The first-order valence-corrected chi connectivity index (χ1v) is 16.2. The largest absolute Gasteiger partial charge is 0.488 e. The van der Waals surface area contributed by atoms with Gasteiger partial charge in [0.15, 0.2) is 0 Å². The highest BCUT2D eigenvalue weighted by Crippen LogP contribution is 2.30. The minimum atomic E-state index is -3.79. The molecule has 1 heterocycles. The molecular formula is C31H44N4O6S. The summed E-state index contributed by atoms with van der Waals surface area (Å²) in [6.45, 7) is 5.72. The molecule has 0 aromatic heterocycles. The SMILES string of the molecule is Cc1ccc(S(=O)(=O)N(C)C[C@H]2Oc3ccc(NC(=O)NC4CCCCC4)cc3CC(=O)N([C@@H](C)CO)C[C@H]2C)cc1. The third kappa shape index (κ3) is 7.81. The Kier molecular flexibility index (Phi) is 10.5. The van der Waals surface area contributed by atoms with E-state index in [1.165, 1.54) is 17.8 Å². The number of nitrogens with zero attached hydrogens (tertiary/aromatic N) is 2. The number of aliphatic hydroxyl groups is 1. The summed E-state index contributed by atoms with van der Waals surface area (Å²) in [4.78, 5) is 28.0. The number of nitrogens with one attached hydrogen (secondary N) is 2. The summed E-state index contributed by atoms with van der Waals surface area (Å²) in [5, 5.41) is 15.8. The van der Waals surface area contributed by atoms with E-state index in [4.69, 9.17) is 4.74 Å². The van der Waals surface area contributed by atoms with Gasteiger partial charge in [-0.05, 0) is 57.0 Å². The third-order valence-corrected chi connectivity index (χ3v) is 10.1. The molecule has 4 rings (SSSR count). The maximum absolute atomic E-state index is 13.5. The summed E-state index contributed by atoms with van der Waals surface area (Å²) in [6, 6.07) is 11.3. The Morgan fingerprint density at radius 2 is 1.83 bits per heavy atom. The van der Waals surface area contributed by atoms with Crippen molar-refractivity contribution in [2.75, 3.05) is 32.1 Å². The summed E-state index contributed by atoms with van der Waals surface area (Å²) < 4.78 is 34.5. The molecule has 3 amide bonds. The summed E-state index contributed by atoms with van der Waals surface area (Å²) in [6.07, 6.45) is 4.74. The van der Waals surface area contributed by atoms with Gasteiger partial charge >= 0.3 is 6.03 Å². The van der Waals surface area contributed by atoms with Gasteiger partial charge in [-0.2, -0.15) is 4.31 Å². The van der Waals surface area contributed by atoms with Crippen LogP contribution >= 0.6 is 0 Å². The molecule has 2 aliphatic rings. The molecule has 0 radical (unpaired) electrons. The number of likely N-dealkylation sites (N-methyl/N-ethyl adjacent to an activating group) is 1. The van der Waals surface area contributed by atoms with E-state index in [1.807, 2.05) is 13.8 Å². The number of hydrogen-bond donors (Lipinski definition) is 3. The van der Waals surface area contributed by atoms with Gasteiger partial charge in [0.1, 0.15) is 11.9 Å². The Balaban J connectivity index is 1.59. The molecule has 1 saturated carbocycles. The molecule has 0 saturated heterocycles. The van der Waals surface area contributed by atoms with E-state index in [-0.39, 0.29) is 54.9 Å². The second kappa shape index (κ2) is 13.9. The van der Waals surface area contributed by atoms with Crippen molar-refractivity contribution in [3.63, 3.8) is 0 Å². The zero-order valence-corrected chi connectivity index (χ0v) is 25.8. The summed E-state index contributed by atoms with van der Waals surface area (Å²) in [7, 11) is -2.26. The average molecular weight is 601 g/mol. The maximum atomic E-state index is 13.5. The lowest BCUT2D eigenvalue weighted by Crippen LogP contribution is -2.48. The van der Waals surface area contributed by atoms with Gasteiger partial charge in [-0.25, -0.2) is 13.2 Å². The summed E-state index contributed by atoms with van der Waals surface area (Å²) in [5.74, 6) is 0.0139. The molecule has 0 spiro atoms. The summed E-state index contributed by atoms with van der Waals surface area (Å²) in [5.41, 5.74) is 2.07. The van der Waals surface area contributed by atoms with E-state index < -0.39 is 22.2 Å². The lowest BCUT2D eigenvalue weighted by atomic mass is 9.96. The van der Waals surface area contributed by atoms with Crippen LogP contribution in [0.3, 0.4) is 0 Å². The van der Waals surface area contributed by atoms with Crippen molar-refractivity contribution in [3.05, 3.63) is 53.6 Å². The smallest absolute Gasteiger partial charge is 0.319 e. The van der Waals surface area contributed by atoms with Gasteiger partial charge in [0.2, 0.25) is 15.9 Å². The zero-order chi connectivity index (χ0) is 30.4. The lowest BCUT2D eigenvalue weighted by molar-refractivity contribution is -0.134. The monoisotopic (exact) mass is 600 g/mol. The predicted molar refractivity (Wildman–Crippen MR) is 162 cm³/mol. The number of anilines is 1. The number of amides is 3. The van der Waals surface area contributed by atoms with Crippen LogP contribution in [0.1, 0.15) is 57.1 Å². The van der Waals surface area contributed by atoms with E-state index in [0.717, 1.165) is 31.2 Å². The van der Waals surface area contributed by atoms with E-state index in [2.05, 4.69) is 10.6 Å². The Morgan fingerprint density at radius 1 is 1.14 bits per heavy atom. The van der Waals surface area contributed by atoms with Crippen molar-refractivity contribution in [2.45, 2.75) is 82.4 Å². The molecule has 11 heteroatoms. The van der Waals surface area contributed by atoms with Crippen LogP contribution in [0.4, 0.5) is 10.5 Å². The van der Waals surface area contributed by atoms with Crippen LogP contribution in [0, 0.1) is 12.8 Å². The van der Waals surface area contributed by atoms with Crippen LogP contribution < -0.4 is 15.4 Å². The molecule has 0 bridgehead atoms. The summed E-state index contributed by atoms with van der Waals surface area (Å²) >= 11 is 0. The third-order valence-electron chi connectivity index (χ3n) is 8.28. The standard InChI is InChI=1S/C31H44N4O6S/c1-21-10-13-27(14-11-21)42(39,40)34(4)19-29-22(2)18-35(23(3)20-36)30(37)17-24-16-26(12-15-28(24)41-29)33-31(38)32-25-8-6-5-7-9-25/h10-16,22-23,25,29,36H,5-9,17-20H2,1-4H3,(H2,32,33,38)/t22-,23+,29-/m1/s1. The van der Waals surface area contributed by atoms with E-state index in [0.29, 0.717) is 17.0 Å². The van der Waals surface area contributed by atoms with Crippen molar-refractivity contribution >= 4 is 27.6 Å². The molecule has 2 aromatic carbocycles. The number of fused-ring (bicyclic) bond motifs is 1. The van der Waals surface area contributed by atoms with Crippen LogP contribution in [0.15, 0.2) is 47.4 Å². The maximum Gasteiger partial charge on any atom is 0.319 e. The van der Waals surface area contributed by atoms with Crippen LogP contribution in [-0.2, 0) is 21.2 Å². The minimum absolute atomic E-state index is 0.0103. The van der Waals surface area contributed by atoms with E-state index in [1.54, 1.807) is 54.3 Å². The number of urea groups is 1. The molecule has 3 atom stereocenters. The highest BCUT2D eigenvalue weighted by atomic mass is 32.2. The molecule has 1 aliphatic carbocycles. The van der Waals surface area contributed by atoms with Crippen molar-refractivity contribution in [1.82, 2.24) is 14.5 Å². The van der Waals surface area contributed by atoms with Crippen molar-refractivity contribution in [1.29, 1.82) is 0 Å². The minimum Gasteiger partial charge on any atom is -0.488 e. The van der Waals surface area contributed by atoms with Crippen LogP contribution in [-0.4, -0.2) is 79.6 Å². The van der Waals surface area contributed by atoms with Gasteiger partial charge in [-0.3, -0.25) is 4.79 Å². The first-order valence-electron chi connectivity index (χ1n) is 14.8. The van der Waals surface area contributed by atoms with Gasteiger partial charge in [0.25, 0.3) is 0 Å². The number of aryl methyl sites for hydroxylation is 1. The number of sulfonamides is 1. The molecule has 1 aliphatic heterocycles. The topological polar surface area (TPSA) is 128 Å². The highest BCUT2D eigenvalue weighted by Gasteiger charge is 2.33. The van der Waals surface area contributed by atoms with Crippen molar-refractivity contribution < 1.29 is 27.9 Å². The van der Waals surface area contributed by atoms with Gasteiger partial charge in [-0.1, -0.05) is 43.9 Å². The molecule has 1 fully saturated rings. The number of rotatable bonds is 8. The fourth-order valence-corrected chi connectivity index (χ4v) is 6.75. The fraction of sp³-hybridized carbons (Fsp3) is 0.548. The Bertz CT molecular complexity index is 1340. The normalized spacial score (nSPS) is 21.0. The fourth-order valence-electron chi connectivity index (χ4n) is 5.57. The molecule has 10 nitrogen and oxygen atoms in total. The zero-order valence-electron chi connectivity index (χ0n) is 25.0. The lowest BCUT2D eigenvalue weighted by Gasteiger charge is -2.33. The number of carbonyl (C=O) groups excluding carboxylic acids is 2. The first-order chi connectivity index (χ1) is 20.0. The van der Waals surface area contributed by atoms with Gasteiger partial charge in [0.05, 0.1) is 30.5 Å². The van der Waals surface area contributed by atoms with Crippen LogP contribution in [0.2, 0.25) is 0 Å². The van der Waals surface area contributed by atoms with Crippen LogP contribution in [0.25, 0.3) is 0 Å². The highest BCUT2D eigenvalue weighted by molar-refractivity contribution is 7.89. The second-order valence-corrected chi connectivity index (χ2v) is 13.8. The molecule has 230 valence electrons. The first kappa shape index (κ1) is 31.8. The average Bonchev–Trinajstić information content (AvgIpc) is 3.00. The van der Waals surface area contributed by atoms with Gasteiger partial charge in [-0.15, -0.1) is 0 Å². The number of hydrogen-bond acceptors (Lipinski definition) is 6. The van der Waals surface area contributed by atoms with E-state index in [9.17, 15) is 23.1 Å². The molecule has 2 aromatic rings. The van der Waals surface area contributed by atoms with Gasteiger partial charge < -0.3 is 25.4 Å². The molecule has 42 heavy (non-hydrogen) atoms. The number of benzene rings is 2. The predicted octanol–water partition coefficient (Wildman–Crippen LogP) is 3.92. The van der Waals surface area contributed by atoms with Crippen LogP contribution in [0.5, 0.6) is 5.75 Å². The number of ether oxygens (including phenoxy) is 1. The second-order valence-electron chi connectivity index (χ2n) is 11.7. The Hall–Kier alpha value is -3.15. The molecule has 3 N–H and O–H groups in total. The van der Waals surface area contributed by atoms with Gasteiger partial charge in [0, 0.05) is 36.8 Å². The Labute approximate surface area is 249 Å². The van der Waals surface area contributed by atoms with Crippen molar-refractivity contribution in [2.24, 2.45) is 5.92 Å². The van der Waals surface area contributed by atoms with Crippen molar-refractivity contribution in [3.8, 4) is 5.75 Å².